The quantitative estimate of drug-likeness (QED) is 0.827. The summed E-state index contributed by atoms with van der Waals surface area (Å²) in [6.07, 6.45) is 2.44. The minimum Gasteiger partial charge on any atom is -0.341 e. The number of urea groups is 1. The maximum absolute atomic E-state index is 13.7. The maximum atomic E-state index is 13.7. The van der Waals surface area contributed by atoms with Crippen molar-refractivity contribution in [1.29, 1.82) is 0 Å². The molecule has 0 spiro atoms. The third-order valence-electron chi connectivity index (χ3n) is 4.32. The molecule has 0 aromatic heterocycles. The number of amides is 3. The van der Waals surface area contributed by atoms with Gasteiger partial charge >= 0.3 is 6.03 Å². The van der Waals surface area contributed by atoms with E-state index in [1.807, 2.05) is 0 Å². The number of carbonyl (C=O) groups is 2. The molecule has 7 heteroatoms. The third-order valence-corrected chi connectivity index (χ3v) is 4.32. The van der Waals surface area contributed by atoms with Gasteiger partial charge < -0.3 is 15.1 Å². The van der Waals surface area contributed by atoms with Gasteiger partial charge in [0.25, 0.3) is 0 Å². The van der Waals surface area contributed by atoms with E-state index in [-0.39, 0.29) is 23.9 Å². The molecule has 1 N–H and O–H groups in total. The molecule has 0 aliphatic carbocycles. The zero-order valence-electron chi connectivity index (χ0n) is 14.6. The number of halogens is 2. The van der Waals surface area contributed by atoms with E-state index in [9.17, 15) is 18.4 Å². The number of hydrogen-bond acceptors (Lipinski definition) is 2. The molecule has 1 aromatic carbocycles. The summed E-state index contributed by atoms with van der Waals surface area (Å²) in [5, 5.41) is 2.87. The van der Waals surface area contributed by atoms with Crippen LogP contribution in [0.25, 0.3) is 0 Å². The minimum atomic E-state index is -0.970. The van der Waals surface area contributed by atoms with Crippen LogP contribution in [-0.4, -0.2) is 54.5 Å². The smallest absolute Gasteiger partial charge is 0.317 e. The van der Waals surface area contributed by atoms with Crippen molar-refractivity contribution in [3.05, 3.63) is 35.4 Å². The fraction of sp³-hybridized carbons (Fsp3) is 0.556. The molecule has 0 atom stereocenters. The van der Waals surface area contributed by atoms with Gasteiger partial charge in [-0.15, -0.1) is 0 Å². The van der Waals surface area contributed by atoms with Crippen molar-refractivity contribution >= 4 is 11.9 Å². The Morgan fingerprint density at radius 3 is 2.60 bits per heavy atom. The van der Waals surface area contributed by atoms with E-state index in [2.05, 4.69) is 12.2 Å². The first-order chi connectivity index (χ1) is 12.0. The second kappa shape index (κ2) is 9.34. The van der Waals surface area contributed by atoms with Gasteiger partial charge in [-0.2, -0.15) is 0 Å². The molecule has 0 saturated carbocycles. The number of nitrogens with zero attached hydrogens (tertiary/aromatic N) is 2. The highest BCUT2D eigenvalue weighted by Gasteiger charge is 2.23. The van der Waals surface area contributed by atoms with Gasteiger partial charge in [-0.25, -0.2) is 13.6 Å². The molecule has 5 nitrogen and oxygen atoms in total. The Bertz CT molecular complexity index is 610. The van der Waals surface area contributed by atoms with Gasteiger partial charge in [-0.1, -0.05) is 25.5 Å². The average Bonchev–Trinajstić information content (AvgIpc) is 2.85. The molecule has 1 aliphatic rings. The Morgan fingerprint density at radius 1 is 1.12 bits per heavy atom. The lowest BCUT2D eigenvalue weighted by Crippen LogP contribution is -2.43. The molecule has 1 saturated heterocycles. The van der Waals surface area contributed by atoms with E-state index < -0.39 is 11.6 Å². The first-order valence-electron chi connectivity index (χ1n) is 8.76. The molecule has 0 radical (unpaired) electrons. The van der Waals surface area contributed by atoms with Crippen LogP contribution in [0.3, 0.4) is 0 Å². The van der Waals surface area contributed by atoms with Gasteiger partial charge in [0, 0.05) is 38.3 Å². The second-order valence-corrected chi connectivity index (χ2v) is 6.20. The first kappa shape index (κ1) is 19.1. The van der Waals surface area contributed by atoms with E-state index >= 15 is 0 Å². The maximum Gasteiger partial charge on any atom is 0.317 e. The van der Waals surface area contributed by atoms with E-state index in [4.69, 9.17) is 0 Å². The van der Waals surface area contributed by atoms with Crippen molar-refractivity contribution in [1.82, 2.24) is 15.1 Å². The molecule has 3 amide bonds. The van der Waals surface area contributed by atoms with Gasteiger partial charge in [-0.3, -0.25) is 4.79 Å². The first-order valence-corrected chi connectivity index (χ1v) is 8.76. The lowest BCUT2D eigenvalue weighted by Gasteiger charge is -2.22. The van der Waals surface area contributed by atoms with Crippen molar-refractivity contribution in [2.45, 2.75) is 32.6 Å². The van der Waals surface area contributed by atoms with Crippen molar-refractivity contribution in [3.63, 3.8) is 0 Å². The van der Waals surface area contributed by atoms with Crippen LogP contribution in [0.15, 0.2) is 18.2 Å². The molecule has 0 unspecified atom stereocenters. The summed E-state index contributed by atoms with van der Waals surface area (Å²) in [5.41, 5.74) is 0.0587. The largest absolute Gasteiger partial charge is 0.341 e. The van der Waals surface area contributed by atoms with Crippen molar-refractivity contribution in [2.75, 3.05) is 32.7 Å². The van der Waals surface area contributed by atoms with Crippen molar-refractivity contribution in [2.24, 2.45) is 0 Å². The molecule has 1 aromatic rings. The van der Waals surface area contributed by atoms with Gasteiger partial charge in [0.1, 0.15) is 0 Å². The van der Waals surface area contributed by atoms with Gasteiger partial charge in [0.05, 0.1) is 6.42 Å². The van der Waals surface area contributed by atoms with E-state index in [0.29, 0.717) is 39.1 Å². The molecule has 1 heterocycles. The van der Waals surface area contributed by atoms with Crippen LogP contribution >= 0.6 is 0 Å². The summed E-state index contributed by atoms with van der Waals surface area (Å²) < 4.78 is 27.0. The zero-order valence-corrected chi connectivity index (χ0v) is 14.6. The zero-order chi connectivity index (χ0) is 18.2. The van der Waals surface area contributed by atoms with Gasteiger partial charge in [-0.05, 0) is 18.9 Å². The average molecular weight is 353 g/mol. The van der Waals surface area contributed by atoms with E-state index in [1.54, 1.807) is 9.80 Å². The molecule has 1 fully saturated rings. The molecule has 1 aliphatic heterocycles. The molecule has 25 heavy (non-hydrogen) atoms. The van der Waals surface area contributed by atoms with E-state index in [1.165, 1.54) is 12.1 Å². The van der Waals surface area contributed by atoms with Crippen LogP contribution in [-0.2, 0) is 11.2 Å². The third kappa shape index (κ3) is 5.41. The van der Waals surface area contributed by atoms with E-state index in [0.717, 1.165) is 18.9 Å². The van der Waals surface area contributed by atoms with Crippen LogP contribution in [0.4, 0.5) is 13.6 Å². The summed E-state index contributed by atoms with van der Waals surface area (Å²) >= 11 is 0. The topological polar surface area (TPSA) is 52.7 Å². The van der Waals surface area contributed by atoms with Crippen LogP contribution in [0.1, 0.15) is 31.7 Å². The summed E-state index contributed by atoms with van der Waals surface area (Å²) in [5.74, 6) is -2.17. The Kier molecular flexibility index (Phi) is 7.16. The van der Waals surface area contributed by atoms with Crippen molar-refractivity contribution < 1.29 is 18.4 Å². The summed E-state index contributed by atoms with van der Waals surface area (Å²) in [7, 11) is 0. The molecule has 138 valence electrons. The number of unbranched alkanes of at least 4 members (excludes halogenated alkanes) is 1. The molecule has 0 bridgehead atoms. The Labute approximate surface area is 147 Å². The van der Waals surface area contributed by atoms with Crippen LogP contribution < -0.4 is 5.32 Å². The number of rotatable bonds is 5. The number of benzene rings is 1. The fourth-order valence-electron chi connectivity index (χ4n) is 2.81. The molecular formula is C18H25F2N3O2. The number of nitrogens with one attached hydrogen (secondary N) is 1. The van der Waals surface area contributed by atoms with Crippen LogP contribution in [0, 0.1) is 11.6 Å². The number of carbonyl (C=O) groups excluding carboxylic acids is 2. The standard InChI is InChI=1S/C18H25F2N3O2/c1-2-3-8-21-18(25)23-10-5-9-22(11-12-23)16(24)13-14-6-4-7-15(19)17(14)20/h4,6-7H,2-3,5,8-13H2,1H3,(H,21,25). The summed E-state index contributed by atoms with van der Waals surface area (Å²) in [6, 6.07) is 3.73. The molecule has 2 rings (SSSR count). The predicted molar refractivity (Wildman–Crippen MR) is 91.1 cm³/mol. The second-order valence-electron chi connectivity index (χ2n) is 6.20. The highest BCUT2D eigenvalue weighted by molar-refractivity contribution is 5.79. The fourth-order valence-corrected chi connectivity index (χ4v) is 2.81. The Hall–Kier alpha value is -2.18. The Balaban J connectivity index is 1.88. The monoisotopic (exact) mass is 353 g/mol. The van der Waals surface area contributed by atoms with Gasteiger partial charge in [0.2, 0.25) is 5.91 Å². The van der Waals surface area contributed by atoms with Gasteiger partial charge in [0.15, 0.2) is 11.6 Å². The molecular weight excluding hydrogens is 328 g/mol. The normalized spacial score (nSPS) is 15.0. The highest BCUT2D eigenvalue weighted by Crippen LogP contribution is 2.14. The minimum absolute atomic E-state index is 0.0587. The summed E-state index contributed by atoms with van der Waals surface area (Å²) in [4.78, 5) is 27.8. The van der Waals surface area contributed by atoms with Crippen LogP contribution in [0.2, 0.25) is 0 Å². The van der Waals surface area contributed by atoms with Crippen molar-refractivity contribution in [3.8, 4) is 0 Å². The number of hydrogen-bond donors (Lipinski definition) is 1. The predicted octanol–water partition coefficient (Wildman–Crippen LogP) is 2.55. The van der Waals surface area contributed by atoms with Crippen LogP contribution in [0.5, 0.6) is 0 Å². The lowest BCUT2D eigenvalue weighted by molar-refractivity contribution is -0.130. The lowest BCUT2D eigenvalue weighted by atomic mass is 10.1. The summed E-state index contributed by atoms with van der Waals surface area (Å²) in [6.45, 7) is 4.63. The Morgan fingerprint density at radius 2 is 1.84 bits per heavy atom. The SMILES string of the molecule is CCCCNC(=O)N1CCCN(C(=O)Cc2cccc(F)c2F)CC1. The highest BCUT2D eigenvalue weighted by atomic mass is 19.2.